The van der Waals surface area contributed by atoms with E-state index in [1.807, 2.05) is 26.1 Å². The molecule has 17 heavy (non-hydrogen) atoms. The Morgan fingerprint density at radius 3 is 2.88 bits per heavy atom. The van der Waals surface area contributed by atoms with Crippen LogP contribution in [0.15, 0.2) is 23.3 Å². The lowest BCUT2D eigenvalue weighted by Gasteiger charge is -2.25. The first-order valence-corrected chi connectivity index (χ1v) is 5.52. The fourth-order valence-corrected chi connectivity index (χ4v) is 2.32. The molecule has 0 saturated carbocycles. The molecule has 4 N–H and O–H groups in total. The van der Waals surface area contributed by atoms with Crippen molar-refractivity contribution in [2.24, 2.45) is 4.99 Å². The van der Waals surface area contributed by atoms with Gasteiger partial charge in [0.15, 0.2) is 0 Å². The third kappa shape index (κ3) is 1.28. The van der Waals surface area contributed by atoms with E-state index >= 15 is 0 Å². The van der Waals surface area contributed by atoms with Gasteiger partial charge in [-0.2, -0.15) is 0 Å². The second-order valence-corrected chi connectivity index (χ2v) is 4.46. The van der Waals surface area contributed by atoms with E-state index in [2.05, 4.69) is 9.89 Å². The summed E-state index contributed by atoms with van der Waals surface area (Å²) in [5.41, 5.74) is 9.81. The monoisotopic (exact) mass is 229 g/mol. The molecule has 0 spiro atoms. The van der Waals surface area contributed by atoms with E-state index in [0.29, 0.717) is 5.69 Å². The van der Waals surface area contributed by atoms with Gasteiger partial charge in [0.2, 0.25) is 0 Å². The lowest BCUT2D eigenvalue weighted by Crippen LogP contribution is -2.26. The second kappa shape index (κ2) is 3.16. The van der Waals surface area contributed by atoms with Gasteiger partial charge < -0.3 is 16.5 Å². The van der Waals surface area contributed by atoms with Gasteiger partial charge in [0.05, 0.1) is 16.9 Å². The van der Waals surface area contributed by atoms with Crippen LogP contribution in [-0.2, 0) is 6.54 Å². The molecular formula is C12H15N5. The van der Waals surface area contributed by atoms with E-state index < -0.39 is 0 Å². The molecular weight excluding hydrogens is 214 g/mol. The lowest BCUT2D eigenvalue weighted by atomic mass is 10.0. The number of amidine groups is 1. The Hall–Kier alpha value is -2.17. The normalized spacial score (nSPS) is 14.9. The Bertz CT molecular complexity index is 638. The van der Waals surface area contributed by atoms with Crippen LogP contribution in [0.4, 0.5) is 11.4 Å². The van der Waals surface area contributed by atoms with Crippen LogP contribution in [0.2, 0.25) is 0 Å². The average molecular weight is 229 g/mol. The SMILES string of the molecule is CC1=Nc2ccc3c(c(N)cn3N)c2CN1C. The number of aliphatic imine (C=N–C) groups is 1. The first-order valence-electron chi connectivity index (χ1n) is 5.52. The summed E-state index contributed by atoms with van der Waals surface area (Å²) in [5.74, 6) is 6.88. The highest BCUT2D eigenvalue weighted by Crippen LogP contribution is 2.35. The summed E-state index contributed by atoms with van der Waals surface area (Å²) in [7, 11) is 2.02. The Morgan fingerprint density at radius 1 is 1.35 bits per heavy atom. The maximum Gasteiger partial charge on any atom is 0.102 e. The van der Waals surface area contributed by atoms with E-state index in [9.17, 15) is 0 Å². The Morgan fingerprint density at radius 2 is 2.12 bits per heavy atom. The van der Waals surface area contributed by atoms with E-state index in [1.165, 1.54) is 0 Å². The Balaban J connectivity index is 2.37. The molecule has 0 amide bonds. The quantitative estimate of drug-likeness (QED) is 0.671. The van der Waals surface area contributed by atoms with Crippen molar-refractivity contribution in [1.29, 1.82) is 0 Å². The zero-order valence-electron chi connectivity index (χ0n) is 9.94. The Kier molecular flexibility index (Phi) is 1.86. The molecule has 88 valence electrons. The molecule has 1 aliphatic heterocycles. The number of fused-ring (bicyclic) bond motifs is 3. The minimum atomic E-state index is 0.711. The van der Waals surface area contributed by atoms with Gasteiger partial charge in [-0.3, -0.25) is 4.68 Å². The van der Waals surface area contributed by atoms with Gasteiger partial charge in [-0.25, -0.2) is 4.99 Å². The van der Waals surface area contributed by atoms with Crippen LogP contribution in [0, 0.1) is 0 Å². The average Bonchev–Trinajstić information content (AvgIpc) is 2.56. The van der Waals surface area contributed by atoms with E-state index in [1.54, 1.807) is 10.9 Å². The molecule has 0 saturated heterocycles. The number of rotatable bonds is 0. The second-order valence-electron chi connectivity index (χ2n) is 4.46. The topological polar surface area (TPSA) is 72.6 Å². The fourth-order valence-electron chi connectivity index (χ4n) is 2.32. The predicted molar refractivity (Wildman–Crippen MR) is 70.7 cm³/mol. The molecule has 5 heteroatoms. The van der Waals surface area contributed by atoms with E-state index in [0.717, 1.165) is 34.5 Å². The minimum absolute atomic E-state index is 0.711. The van der Waals surface area contributed by atoms with E-state index in [-0.39, 0.29) is 0 Å². The van der Waals surface area contributed by atoms with Gasteiger partial charge >= 0.3 is 0 Å². The molecule has 1 aromatic carbocycles. The molecule has 0 bridgehead atoms. The highest BCUT2D eigenvalue weighted by atomic mass is 15.3. The molecule has 2 aromatic rings. The van der Waals surface area contributed by atoms with Crippen LogP contribution in [0.5, 0.6) is 0 Å². The zero-order valence-corrected chi connectivity index (χ0v) is 9.94. The summed E-state index contributed by atoms with van der Waals surface area (Å²) in [6, 6.07) is 3.96. The molecule has 1 aliphatic rings. The number of hydrogen-bond donors (Lipinski definition) is 2. The summed E-state index contributed by atoms with van der Waals surface area (Å²) >= 11 is 0. The predicted octanol–water partition coefficient (Wildman–Crippen LogP) is 1.43. The molecule has 0 atom stereocenters. The number of hydrogen-bond acceptors (Lipinski definition) is 4. The maximum atomic E-state index is 6.01. The molecule has 2 heterocycles. The van der Waals surface area contributed by atoms with Gasteiger partial charge in [-0.05, 0) is 19.1 Å². The molecule has 3 rings (SSSR count). The molecule has 0 radical (unpaired) electrons. The third-order valence-corrected chi connectivity index (χ3v) is 3.34. The zero-order chi connectivity index (χ0) is 12.2. The molecule has 1 aromatic heterocycles. The first-order chi connectivity index (χ1) is 8.08. The highest BCUT2D eigenvalue weighted by Gasteiger charge is 2.19. The smallest absolute Gasteiger partial charge is 0.102 e. The summed E-state index contributed by atoms with van der Waals surface area (Å²) in [5, 5.41) is 1.02. The summed E-state index contributed by atoms with van der Waals surface area (Å²) in [6.07, 6.45) is 1.75. The minimum Gasteiger partial charge on any atom is -0.397 e. The van der Waals surface area contributed by atoms with Crippen molar-refractivity contribution < 1.29 is 0 Å². The molecule has 0 fully saturated rings. The van der Waals surface area contributed by atoms with Crippen LogP contribution in [0.3, 0.4) is 0 Å². The third-order valence-electron chi connectivity index (χ3n) is 3.34. The maximum absolute atomic E-state index is 6.01. The van der Waals surface area contributed by atoms with Gasteiger partial charge in [0.25, 0.3) is 0 Å². The molecule has 5 nitrogen and oxygen atoms in total. The van der Waals surface area contributed by atoms with Gasteiger partial charge in [0, 0.05) is 30.7 Å². The Labute approximate surface area is 99.3 Å². The molecule has 0 unspecified atom stereocenters. The standard InChI is InChI=1S/C12H15N5/c1-7-15-10-3-4-11-12(8(10)5-16(7)2)9(13)6-17(11)14/h3-4,6H,5,13-14H2,1-2H3. The van der Waals surface area contributed by atoms with Crippen molar-refractivity contribution >= 4 is 28.1 Å². The van der Waals surface area contributed by atoms with Crippen LogP contribution in [0.25, 0.3) is 10.9 Å². The number of anilines is 1. The van der Waals surface area contributed by atoms with Crippen molar-refractivity contribution in [1.82, 2.24) is 9.58 Å². The van der Waals surface area contributed by atoms with Crippen molar-refractivity contribution in [2.75, 3.05) is 18.6 Å². The number of benzene rings is 1. The number of aromatic nitrogens is 1. The van der Waals surface area contributed by atoms with Crippen molar-refractivity contribution in [3.05, 3.63) is 23.9 Å². The van der Waals surface area contributed by atoms with Crippen molar-refractivity contribution in [2.45, 2.75) is 13.5 Å². The lowest BCUT2D eigenvalue weighted by molar-refractivity contribution is 0.492. The summed E-state index contributed by atoms with van der Waals surface area (Å²) in [4.78, 5) is 6.67. The summed E-state index contributed by atoms with van der Waals surface area (Å²) < 4.78 is 1.57. The van der Waals surface area contributed by atoms with Crippen molar-refractivity contribution in [3.63, 3.8) is 0 Å². The molecule has 0 aliphatic carbocycles. The number of nitrogens with zero attached hydrogens (tertiary/aromatic N) is 3. The van der Waals surface area contributed by atoms with Gasteiger partial charge in [-0.15, -0.1) is 0 Å². The van der Waals surface area contributed by atoms with Crippen LogP contribution >= 0.6 is 0 Å². The van der Waals surface area contributed by atoms with Crippen LogP contribution in [-0.4, -0.2) is 22.5 Å². The van der Waals surface area contributed by atoms with Crippen molar-refractivity contribution in [3.8, 4) is 0 Å². The first kappa shape index (κ1) is 10.0. The van der Waals surface area contributed by atoms with E-state index in [4.69, 9.17) is 11.6 Å². The number of nitrogen functional groups attached to an aromatic ring is 2. The van der Waals surface area contributed by atoms with Crippen LogP contribution < -0.4 is 11.6 Å². The van der Waals surface area contributed by atoms with Gasteiger partial charge in [-0.1, -0.05) is 0 Å². The fraction of sp³-hybridized carbons (Fsp3) is 0.250. The largest absolute Gasteiger partial charge is 0.397 e. The highest BCUT2D eigenvalue weighted by molar-refractivity contribution is 5.99. The number of nitrogens with two attached hydrogens (primary N) is 2. The summed E-state index contributed by atoms with van der Waals surface area (Å²) in [6.45, 7) is 2.82. The van der Waals surface area contributed by atoms with Gasteiger partial charge in [0.1, 0.15) is 5.84 Å². The van der Waals surface area contributed by atoms with Crippen LogP contribution in [0.1, 0.15) is 12.5 Å².